The van der Waals surface area contributed by atoms with Crippen LogP contribution in [0.4, 0.5) is 0 Å². The zero-order chi connectivity index (χ0) is 11.3. The largest absolute Gasteiger partial charge is 0.348 e. The van der Waals surface area contributed by atoms with Gasteiger partial charge >= 0.3 is 0 Å². The van der Waals surface area contributed by atoms with Gasteiger partial charge in [-0.3, -0.25) is 4.79 Å². The van der Waals surface area contributed by atoms with Crippen molar-refractivity contribution in [3.8, 4) is 0 Å². The summed E-state index contributed by atoms with van der Waals surface area (Å²) < 4.78 is 0. The second kappa shape index (κ2) is 5.66. The number of amides is 1. The van der Waals surface area contributed by atoms with E-state index in [-0.39, 0.29) is 11.9 Å². The van der Waals surface area contributed by atoms with Gasteiger partial charge in [0.1, 0.15) is 6.33 Å². The molecule has 4 nitrogen and oxygen atoms in total. The van der Waals surface area contributed by atoms with Crippen LogP contribution in [0.3, 0.4) is 0 Å². The average Bonchev–Trinajstić information content (AvgIpc) is 2.26. The van der Waals surface area contributed by atoms with Gasteiger partial charge in [-0.1, -0.05) is 13.8 Å². The van der Waals surface area contributed by atoms with Crippen LogP contribution in [0.5, 0.6) is 0 Å². The first kappa shape index (κ1) is 11.9. The fourth-order valence-corrected chi connectivity index (χ4v) is 1.48. The molecule has 1 aromatic heterocycles. The van der Waals surface area contributed by atoms with Gasteiger partial charge in [0.25, 0.3) is 5.91 Å². The summed E-state index contributed by atoms with van der Waals surface area (Å²) in [5, 5.41) is 2.83. The van der Waals surface area contributed by atoms with Crippen molar-refractivity contribution in [3.05, 3.63) is 24.3 Å². The summed E-state index contributed by atoms with van der Waals surface area (Å²) in [7, 11) is 0. The maximum atomic E-state index is 11.7. The fourth-order valence-electron chi connectivity index (χ4n) is 1.05. The molecule has 0 spiro atoms. The molecule has 0 radical (unpaired) electrons. The zero-order valence-electron chi connectivity index (χ0n) is 8.77. The summed E-state index contributed by atoms with van der Waals surface area (Å²) in [6, 6.07) is -0.0284. The molecule has 0 aromatic carbocycles. The number of halogens is 1. The Morgan fingerprint density at radius 1 is 1.47 bits per heavy atom. The van der Waals surface area contributed by atoms with E-state index in [0.29, 0.717) is 17.4 Å². The van der Waals surface area contributed by atoms with Crippen molar-refractivity contribution < 1.29 is 4.79 Å². The Morgan fingerprint density at radius 3 is 2.53 bits per heavy atom. The molecular weight excluding hydrogens is 214 g/mol. The van der Waals surface area contributed by atoms with Crippen molar-refractivity contribution in [2.75, 3.05) is 5.88 Å². The van der Waals surface area contributed by atoms with E-state index in [0.717, 1.165) is 0 Å². The lowest BCUT2D eigenvalue weighted by molar-refractivity contribution is 0.0930. The number of carbonyl (C=O) groups excluding carboxylic acids is 1. The first-order chi connectivity index (χ1) is 7.15. The molecule has 0 aliphatic carbocycles. The van der Waals surface area contributed by atoms with E-state index >= 15 is 0 Å². The van der Waals surface area contributed by atoms with E-state index in [4.69, 9.17) is 11.6 Å². The fraction of sp³-hybridized carbons (Fsp3) is 0.500. The predicted octanol–water partition coefficient (Wildman–Crippen LogP) is 1.47. The van der Waals surface area contributed by atoms with Gasteiger partial charge in [0.05, 0.1) is 5.56 Å². The maximum Gasteiger partial charge on any atom is 0.254 e. The van der Waals surface area contributed by atoms with Crippen molar-refractivity contribution in [1.82, 2.24) is 15.3 Å². The van der Waals surface area contributed by atoms with Crippen LogP contribution >= 0.6 is 11.6 Å². The standard InChI is InChI=1S/C10H14ClN3O/c1-7(2)9(3-11)14-10(15)8-4-12-6-13-5-8/h4-7,9H,3H2,1-2H3,(H,14,15). The van der Waals surface area contributed by atoms with Crippen LogP contribution in [0.2, 0.25) is 0 Å². The second-order valence-corrected chi connectivity index (χ2v) is 3.91. The Balaban J connectivity index is 2.63. The van der Waals surface area contributed by atoms with Crippen LogP contribution < -0.4 is 5.32 Å². The first-order valence-corrected chi connectivity index (χ1v) is 5.30. The van der Waals surface area contributed by atoms with Crippen LogP contribution in [0, 0.1) is 5.92 Å². The number of carbonyl (C=O) groups is 1. The Labute approximate surface area is 94.1 Å². The molecule has 1 aromatic rings. The minimum atomic E-state index is -0.185. The van der Waals surface area contributed by atoms with E-state index in [1.54, 1.807) is 0 Å². The van der Waals surface area contributed by atoms with Crippen molar-refractivity contribution in [2.45, 2.75) is 19.9 Å². The second-order valence-electron chi connectivity index (χ2n) is 3.61. The maximum absolute atomic E-state index is 11.7. The minimum absolute atomic E-state index is 0.0284. The average molecular weight is 228 g/mol. The summed E-state index contributed by atoms with van der Waals surface area (Å²) in [5.74, 6) is 0.517. The predicted molar refractivity (Wildman–Crippen MR) is 58.8 cm³/mol. The summed E-state index contributed by atoms with van der Waals surface area (Å²) in [5.41, 5.74) is 0.452. The Hall–Kier alpha value is -1.16. The topological polar surface area (TPSA) is 54.9 Å². The smallest absolute Gasteiger partial charge is 0.254 e. The number of hydrogen-bond acceptors (Lipinski definition) is 3. The number of nitrogens with zero attached hydrogens (tertiary/aromatic N) is 2. The molecule has 5 heteroatoms. The van der Waals surface area contributed by atoms with Gasteiger partial charge in [-0.25, -0.2) is 9.97 Å². The van der Waals surface area contributed by atoms with Gasteiger partial charge in [-0.05, 0) is 5.92 Å². The van der Waals surface area contributed by atoms with E-state index in [2.05, 4.69) is 15.3 Å². The third-order valence-corrected chi connectivity index (χ3v) is 2.44. The van der Waals surface area contributed by atoms with Crippen molar-refractivity contribution >= 4 is 17.5 Å². The van der Waals surface area contributed by atoms with E-state index in [1.165, 1.54) is 18.7 Å². The molecule has 0 saturated heterocycles. The molecule has 1 rings (SSSR count). The summed E-state index contributed by atoms with van der Waals surface area (Å²) in [4.78, 5) is 19.2. The summed E-state index contributed by atoms with van der Waals surface area (Å²) in [6.45, 7) is 4.02. The third-order valence-electron chi connectivity index (χ3n) is 2.11. The van der Waals surface area contributed by atoms with Crippen LogP contribution in [-0.4, -0.2) is 27.8 Å². The highest BCUT2D eigenvalue weighted by Crippen LogP contribution is 2.05. The van der Waals surface area contributed by atoms with Gasteiger partial charge in [0.15, 0.2) is 0 Å². The molecule has 82 valence electrons. The van der Waals surface area contributed by atoms with E-state index in [1.807, 2.05) is 13.8 Å². The molecule has 0 fully saturated rings. The number of nitrogens with one attached hydrogen (secondary N) is 1. The lowest BCUT2D eigenvalue weighted by Gasteiger charge is -2.19. The number of hydrogen-bond donors (Lipinski definition) is 1. The monoisotopic (exact) mass is 227 g/mol. The van der Waals surface area contributed by atoms with Crippen LogP contribution in [0.1, 0.15) is 24.2 Å². The molecule has 1 heterocycles. The number of aromatic nitrogens is 2. The molecule has 1 N–H and O–H groups in total. The minimum Gasteiger partial charge on any atom is -0.348 e. The van der Waals surface area contributed by atoms with Gasteiger partial charge < -0.3 is 5.32 Å². The zero-order valence-corrected chi connectivity index (χ0v) is 9.53. The molecule has 1 atom stereocenters. The molecule has 15 heavy (non-hydrogen) atoms. The van der Waals surface area contributed by atoms with Gasteiger partial charge in [-0.2, -0.15) is 0 Å². The SMILES string of the molecule is CC(C)C(CCl)NC(=O)c1cncnc1. The first-order valence-electron chi connectivity index (χ1n) is 4.77. The normalized spacial score (nSPS) is 12.5. The van der Waals surface area contributed by atoms with Crippen molar-refractivity contribution in [3.63, 3.8) is 0 Å². The van der Waals surface area contributed by atoms with E-state index in [9.17, 15) is 4.79 Å². The quantitative estimate of drug-likeness (QED) is 0.793. The Morgan fingerprint density at radius 2 is 2.07 bits per heavy atom. The van der Waals surface area contributed by atoms with Crippen molar-refractivity contribution in [1.29, 1.82) is 0 Å². The van der Waals surface area contributed by atoms with Gasteiger partial charge in [0, 0.05) is 24.3 Å². The lowest BCUT2D eigenvalue weighted by Crippen LogP contribution is -2.39. The molecule has 1 unspecified atom stereocenters. The van der Waals surface area contributed by atoms with Crippen molar-refractivity contribution in [2.24, 2.45) is 5.92 Å². The molecule has 0 bridgehead atoms. The summed E-state index contributed by atoms with van der Waals surface area (Å²) >= 11 is 5.75. The molecule has 0 saturated carbocycles. The van der Waals surface area contributed by atoms with E-state index < -0.39 is 0 Å². The Kier molecular flexibility index (Phi) is 4.49. The summed E-state index contributed by atoms with van der Waals surface area (Å²) in [6.07, 6.45) is 4.35. The number of rotatable bonds is 4. The van der Waals surface area contributed by atoms with Crippen LogP contribution in [0.25, 0.3) is 0 Å². The highest BCUT2D eigenvalue weighted by molar-refractivity contribution is 6.18. The molecular formula is C10H14ClN3O. The third kappa shape index (κ3) is 3.47. The molecule has 1 amide bonds. The lowest BCUT2D eigenvalue weighted by atomic mass is 10.1. The highest BCUT2D eigenvalue weighted by Gasteiger charge is 2.16. The van der Waals surface area contributed by atoms with Gasteiger partial charge in [-0.15, -0.1) is 11.6 Å². The highest BCUT2D eigenvalue weighted by atomic mass is 35.5. The van der Waals surface area contributed by atoms with Gasteiger partial charge in [0.2, 0.25) is 0 Å². The number of alkyl halides is 1. The molecule has 0 aliphatic rings. The molecule has 0 aliphatic heterocycles. The Bertz CT molecular complexity index is 316. The van der Waals surface area contributed by atoms with Crippen LogP contribution in [0.15, 0.2) is 18.7 Å². The van der Waals surface area contributed by atoms with Crippen LogP contribution in [-0.2, 0) is 0 Å².